The molecule has 0 aromatic heterocycles. The Morgan fingerprint density at radius 2 is 1.53 bits per heavy atom. The molecule has 1 atom stereocenters. The Kier molecular flexibility index (Phi) is 6.28. The minimum Gasteiger partial charge on any atom is -0.389 e. The van der Waals surface area contributed by atoms with E-state index >= 15 is 0 Å². The molecular formula is C24H18Cl2N2O4. The number of benzene rings is 3. The highest BCUT2D eigenvalue weighted by molar-refractivity contribution is 6.35. The molecule has 6 nitrogen and oxygen atoms in total. The van der Waals surface area contributed by atoms with Crippen molar-refractivity contribution < 1.29 is 19.5 Å². The first-order chi connectivity index (χ1) is 15.4. The Morgan fingerprint density at radius 1 is 0.906 bits per heavy atom. The molecule has 2 N–H and O–H groups in total. The van der Waals surface area contributed by atoms with Crippen LogP contribution in [0.5, 0.6) is 0 Å². The molecule has 4 rings (SSSR count). The molecule has 3 aromatic rings. The standard InChI is InChI=1S/C24H18Cl2N2O4/c25-14-9-10-21(19(11-14)22(30)18-7-3-4-8-20(18)26)27-12-15(29)13-28-23(31)16-5-1-2-6-17(16)24(28)32/h1-11,15,27,29H,12-13H2. The van der Waals surface area contributed by atoms with Gasteiger partial charge < -0.3 is 10.4 Å². The molecule has 8 heteroatoms. The number of hydrogen-bond donors (Lipinski definition) is 2. The van der Waals surface area contributed by atoms with E-state index < -0.39 is 17.9 Å². The summed E-state index contributed by atoms with van der Waals surface area (Å²) >= 11 is 12.3. The Bertz CT molecular complexity index is 1190. The van der Waals surface area contributed by atoms with Gasteiger partial charge in [0.25, 0.3) is 11.8 Å². The molecule has 0 bridgehead atoms. The van der Waals surface area contributed by atoms with E-state index in [1.807, 2.05) is 0 Å². The number of ketones is 1. The summed E-state index contributed by atoms with van der Waals surface area (Å²) in [5.74, 6) is -1.20. The topological polar surface area (TPSA) is 86.7 Å². The smallest absolute Gasteiger partial charge is 0.261 e. The lowest BCUT2D eigenvalue weighted by molar-refractivity contribution is 0.0557. The highest BCUT2D eigenvalue weighted by atomic mass is 35.5. The van der Waals surface area contributed by atoms with Crippen molar-refractivity contribution in [3.63, 3.8) is 0 Å². The van der Waals surface area contributed by atoms with Crippen molar-refractivity contribution in [1.82, 2.24) is 4.90 Å². The summed E-state index contributed by atoms with van der Waals surface area (Å²) in [6.07, 6.45) is -1.06. The number of imide groups is 1. The maximum absolute atomic E-state index is 13.0. The average molecular weight is 469 g/mol. The average Bonchev–Trinajstić information content (AvgIpc) is 3.03. The molecule has 0 saturated carbocycles. The number of aliphatic hydroxyl groups is 1. The number of anilines is 1. The fourth-order valence-electron chi connectivity index (χ4n) is 3.56. The molecular weight excluding hydrogens is 451 g/mol. The Labute approximate surface area is 194 Å². The van der Waals surface area contributed by atoms with Gasteiger partial charge in [0.1, 0.15) is 0 Å². The third kappa shape index (κ3) is 4.25. The largest absolute Gasteiger partial charge is 0.389 e. The lowest BCUT2D eigenvalue weighted by Crippen LogP contribution is -2.39. The van der Waals surface area contributed by atoms with E-state index in [1.54, 1.807) is 60.7 Å². The van der Waals surface area contributed by atoms with Crippen LogP contribution in [0, 0.1) is 0 Å². The molecule has 3 aromatic carbocycles. The van der Waals surface area contributed by atoms with E-state index in [9.17, 15) is 19.5 Å². The van der Waals surface area contributed by atoms with Crippen LogP contribution in [0.2, 0.25) is 10.0 Å². The lowest BCUT2D eigenvalue weighted by Gasteiger charge is -2.20. The number of carbonyl (C=O) groups excluding carboxylic acids is 3. The zero-order chi connectivity index (χ0) is 22.8. The number of rotatable bonds is 7. The predicted octanol–water partition coefficient (Wildman–Crippen LogP) is 4.29. The first kappa shape index (κ1) is 22.0. The molecule has 2 amide bonds. The minimum atomic E-state index is -1.06. The predicted molar refractivity (Wildman–Crippen MR) is 123 cm³/mol. The van der Waals surface area contributed by atoms with Gasteiger partial charge in [-0.2, -0.15) is 0 Å². The zero-order valence-corrected chi connectivity index (χ0v) is 18.2. The van der Waals surface area contributed by atoms with Crippen molar-refractivity contribution in [2.45, 2.75) is 6.10 Å². The van der Waals surface area contributed by atoms with Crippen molar-refractivity contribution in [3.05, 3.63) is 99.0 Å². The maximum Gasteiger partial charge on any atom is 0.261 e. The fraction of sp³-hybridized carbons (Fsp3) is 0.125. The lowest BCUT2D eigenvalue weighted by atomic mass is 10.0. The second kappa shape index (κ2) is 9.12. The second-order valence-corrected chi connectivity index (χ2v) is 8.14. The Hall–Kier alpha value is -3.19. The number of aliphatic hydroxyl groups excluding tert-OH is 1. The van der Waals surface area contributed by atoms with Crippen LogP contribution in [0.4, 0.5) is 5.69 Å². The van der Waals surface area contributed by atoms with Crippen LogP contribution in [0.3, 0.4) is 0 Å². The number of amides is 2. The molecule has 162 valence electrons. The highest BCUT2D eigenvalue weighted by Crippen LogP contribution is 2.27. The molecule has 1 unspecified atom stereocenters. The van der Waals surface area contributed by atoms with E-state index in [4.69, 9.17) is 23.2 Å². The molecule has 1 aliphatic rings. The number of fused-ring (bicyclic) bond motifs is 1. The van der Waals surface area contributed by atoms with Crippen LogP contribution in [-0.4, -0.2) is 46.8 Å². The van der Waals surface area contributed by atoms with Gasteiger partial charge in [0.2, 0.25) is 0 Å². The van der Waals surface area contributed by atoms with Crippen molar-refractivity contribution in [3.8, 4) is 0 Å². The van der Waals surface area contributed by atoms with Gasteiger partial charge in [0, 0.05) is 28.4 Å². The monoisotopic (exact) mass is 468 g/mol. The maximum atomic E-state index is 13.0. The summed E-state index contributed by atoms with van der Waals surface area (Å²) in [5, 5.41) is 14.2. The number of hydrogen-bond acceptors (Lipinski definition) is 5. The number of nitrogens with zero attached hydrogens (tertiary/aromatic N) is 1. The fourth-order valence-corrected chi connectivity index (χ4v) is 3.95. The Morgan fingerprint density at radius 3 is 2.19 bits per heavy atom. The number of halogens is 2. The quantitative estimate of drug-likeness (QED) is 0.398. The molecule has 0 saturated heterocycles. The molecule has 0 aliphatic carbocycles. The van der Waals surface area contributed by atoms with Gasteiger partial charge in [-0.25, -0.2) is 0 Å². The molecule has 0 radical (unpaired) electrons. The molecule has 1 heterocycles. The van der Waals surface area contributed by atoms with Crippen LogP contribution in [-0.2, 0) is 0 Å². The van der Waals surface area contributed by atoms with Crippen LogP contribution >= 0.6 is 23.2 Å². The van der Waals surface area contributed by atoms with E-state index in [0.717, 1.165) is 4.90 Å². The van der Waals surface area contributed by atoms with Gasteiger partial charge in [0.05, 0.1) is 28.8 Å². The van der Waals surface area contributed by atoms with Gasteiger partial charge in [0.15, 0.2) is 5.78 Å². The van der Waals surface area contributed by atoms with E-state index in [0.29, 0.717) is 38.0 Å². The van der Waals surface area contributed by atoms with Crippen molar-refractivity contribution in [1.29, 1.82) is 0 Å². The van der Waals surface area contributed by atoms with E-state index in [-0.39, 0.29) is 18.9 Å². The summed E-state index contributed by atoms with van der Waals surface area (Å²) in [6.45, 7) is -0.182. The van der Waals surface area contributed by atoms with Crippen LogP contribution in [0.25, 0.3) is 0 Å². The van der Waals surface area contributed by atoms with Crippen LogP contribution in [0.15, 0.2) is 66.7 Å². The summed E-state index contributed by atoms with van der Waals surface area (Å²) in [4.78, 5) is 39.0. The van der Waals surface area contributed by atoms with Gasteiger partial charge >= 0.3 is 0 Å². The second-order valence-electron chi connectivity index (χ2n) is 7.30. The summed E-state index contributed by atoms with van der Waals surface area (Å²) in [5.41, 5.74) is 1.70. The first-order valence-corrected chi connectivity index (χ1v) is 10.6. The molecule has 32 heavy (non-hydrogen) atoms. The highest BCUT2D eigenvalue weighted by Gasteiger charge is 2.36. The zero-order valence-electron chi connectivity index (χ0n) is 16.7. The normalized spacial score (nSPS) is 13.8. The summed E-state index contributed by atoms with van der Waals surface area (Å²) in [6, 6.07) is 18.0. The van der Waals surface area contributed by atoms with E-state index in [2.05, 4.69) is 5.32 Å². The Balaban J connectivity index is 1.48. The summed E-state index contributed by atoms with van der Waals surface area (Å²) in [7, 11) is 0. The van der Waals surface area contributed by atoms with Crippen LogP contribution < -0.4 is 5.32 Å². The first-order valence-electron chi connectivity index (χ1n) is 9.82. The van der Waals surface area contributed by atoms with Crippen LogP contribution in [0.1, 0.15) is 36.6 Å². The molecule has 0 spiro atoms. The van der Waals surface area contributed by atoms with E-state index in [1.165, 1.54) is 6.07 Å². The number of nitrogens with one attached hydrogen (secondary N) is 1. The SMILES string of the molecule is O=C(c1ccccc1Cl)c1cc(Cl)ccc1NCC(O)CN1C(=O)c2ccccc2C1=O. The van der Waals surface area contributed by atoms with Crippen molar-refractivity contribution in [2.75, 3.05) is 18.4 Å². The minimum absolute atomic E-state index is 0.00214. The van der Waals surface area contributed by atoms with Crippen molar-refractivity contribution >= 4 is 46.5 Å². The number of β-amino-alcohol motifs (C(OH)–C–C–N with tert-alkyl or cyclic N) is 1. The molecule has 0 fully saturated rings. The van der Waals surface area contributed by atoms with Gasteiger partial charge in [-0.1, -0.05) is 47.5 Å². The van der Waals surface area contributed by atoms with Gasteiger partial charge in [-0.3, -0.25) is 19.3 Å². The third-order valence-electron chi connectivity index (χ3n) is 5.14. The molecule has 1 aliphatic heterocycles. The number of carbonyl (C=O) groups is 3. The summed E-state index contributed by atoms with van der Waals surface area (Å²) < 4.78 is 0. The third-order valence-corrected chi connectivity index (χ3v) is 5.71. The van der Waals surface area contributed by atoms with Gasteiger partial charge in [-0.05, 0) is 42.5 Å². The van der Waals surface area contributed by atoms with Crippen molar-refractivity contribution in [2.24, 2.45) is 0 Å². The van der Waals surface area contributed by atoms with Gasteiger partial charge in [-0.15, -0.1) is 0 Å².